The van der Waals surface area contributed by atoms with Crippen LogP contribution < -0.4 is 9.47 Å². The van der Waals surface area contributed by atoms with E-state index in [2.05, 4.69) is 0 Å². The van der Waals surface area contributed by atoms with Crippen LogP contribution in [0.15, 0.2) is 45.7 Å². The molecule has 2 amide bonds. The van der Waals surface area contributed by atoms with Crippen molar-refractivity contribution in [3.8, 4) is 22.8 Å². The zero-order chi connectivity index (χ0) is 23.3. The number of nitrogens with zero attached hydrogens (tertiary/aromatic N) is 1. The summed E-state index contributed by atoms with van der Waals surface area (Å²) in [5.41, 5.74) is 1.12. The number of carbonyl (C=O) groups is 2. The number of imide groups is 1. The monoisotopic (exact) mass is 541 g/mol. The fourth-order valence-electron chi connectivity index (χ4n) is 3.30. The molecule has 2 aromatic carbocycles. The van der Waals surface area contributed by atoms with E-state index in [4.69, 9.17) is 60.3 Å². The minimum absolute atomic E-state index is 0.000232. The summed E-state index contributed by atoms with van der Waals surface area (Å²) in [5, 5.41) is 0.979. The van der Waals surface area contributed by atoms with Gasteiger partial charge in [0.15, 0.2) is 11.5 Å². The van der Waals surface area contributed by atoms with Crippen molar-refractivity contribution in [3.63, 3.8) is 0 Å². The molecule has 2 aliphatic rings. The van der Waals surface area contributed by atoms with Crippen molar-refractivity contribution < 1.29 is 23.5 Å². The largest absolute Gasteiger partial charge is 0.457 e. The molecule has 1 aromatic heterocycles. The average molecular weight is 543 g/mol. The summed E-state index contributed by atoms with van der Waals surface area (Å²) in [6.45, 7) is 0.0950. The minimum atomic E-state index is -0.454. The first-order chi connectivity index (χ1) is 15.8. The van der Waals surface area contributed by atoms with Gasteiger partial charge in [-0.1, -0.05) is 46.4 Å². The molecule has 11 heteroatoms. The SMILES string of the molecule is O=C1S/C(=C/c2ccc(-c3cc(Cl)c(Cl)cc3Cl)o2)C(=O)N1Cc1cc2c(cc1Cl)OCO2. The highest BCUT2D eigenvalue weighted by Crippen LogP contribution is 2.40. The van der Waals surface area contributed by atoms with Crippen molar-refractivity contribution in [2.24, 2.45) is 0 Å². The number of ether oxygens (including phenoxy) is 2. The number of thioether (sulfide) groups is 1. The standard InChI is InChI=1S/C22H11Cl4NO5S/c23-13-7-19-18(30-9-31-19)3-10(13)8-27-21(28)20(33-22(27)29)4-11-1-2-17(32-11)12-5-15(25)16(26)6-14(12)24/h1-7H,8-9H2/b20-4+. The molecule has 6 nitrogen and oxygen atoms in total. The second-order valence-electron chi connectivity index (χ2n) is 7.01. The zero-order valence-electron chi connectivity index (χ0n) is 16.4. The molecule has 33 heavy (non-hydrogen) atoms. The van der Waals surface area contributed by atoms with Crippen molar-refractivity contribution >= 4 is 75.4 Å². The van der Waals surface area contributed by atoms with Gasteiger partial charge in [0.1, 0.15) is 11.5 Å². The summed E-state index contributed by atoms with van der Waals surface area (Å²) in [6.07, 6.45) is 1.50. The molecular weight excluding hydrogens is 532 g/mol. The Labute approximate surface area is 211 Å². The highest BCUT2D eigenvalue weighted by Gasteiger charge is 2.36. The molecule has 0 radical (unpaired) electrons. The lowest BCUT2D eigenvalue weighted by atomic mass is 10.2. The van der Waals surface area contributed by atoms with Gasteiger partial charge in [-0.05, 0) is 47.7 Å². The molecule has 0 aliphatic carbocycles. The first kappa shape index (κ1) is 22.5. The van der Waals surface area contributed by atoms with Crippen molar-refractivity contribution in [2.75, 3.05) is 6.79 Å². The fraction of sp³-hybridized carbons (Fsp3) is 0.0909. The topological polar surface area (TPSA) is 69.0 Å². The average Bonchev–Trinajstić information content (AvgIpc) is 3.47. The number of rotatable bonds is 4. The van der Waals surface area contributed by atoms with Crippen LogP contribution in [0.3, 0.4) is 0 Å². The molecule has 0 unspecified atom stereocenters. The Balaban J connectivity index is 1.38. The van der Waals surface area contributed by atoms with E-state index in [-0.39, 0.29) is 18.2 Å². The Morgan fingerprint density at radius 3 is 2.42 bits per heavy atom. The van der Waals surface area contributed by atoms with Gasteiger partial charge in [-0.2, -0.15) is 0 Å². The van der Waals surface area contributed by atoms with E-state index in [0.29, 0.717) is 54.2 Å². The van der Waals surface area contributed by atoms with Crippen molar-refractivity contribution in [1.82, 2.24) is 4.90 Å². The fourth-order valence-corrected chi connectivity index (χ4v) is 4.97. The van der Waals surface area contributed by atoms with Gasteiger partial charge in [0, 0.05) is 22.7 Å². The van der Waals surface area contributed by atoms with Crippen LogP contribution in [0.5, 0.6) is 11.5 Å². The summed E-state index contributed by atoms with van der Waals surface area (Å²) < 4.78 is 16.4. The normalized spacial score (nSPS) is 16.4. The predicted octanol–water partition coefficient (Wildman–Crippen LogP) is 7.53. The number of amides is 2. The molecule has 0 spiro atoms. The summed E-state index contributed by atoms with van der Waals surface area (Å²) in [5.74, 6) is 1.40. The van der Waals surface area contributed by atoms with E-state index >= 15 is 0 Å². The third-order valence-corrected chi connectivity index (χ3v) is 7.21. The maximum absolute atomic E-state index is 12.9. The molecule has 3 heterocycles. The lowest BCUT2D eigenvalue weighted by Gasteiger charge is -2.14. The number of halogens is 4. The number of carbonyl (C=O) groups excluding carboxylic acids is 2. The molecule has 5 rings (SSSR count). The van der Waals surface area contributed by atoms with Gasteiger partial charge in [0.25, 0.3) is 11.1 Å². The molecular formula is C22H11Cl4NO5S. The molecule has 1 saturated heterocycles. The van der Waals surface area contributed by atoms with Gasteiger partial charge in [-0.3, -0.25) is 14.5 Å². The van der Waals surface area contributed by atoms with E-state index in [1.165, 1.54) is 12.1 Å². The van der Waals surface area contributed by atoms with Gasteiger partial charge in [-0.15, -0.1) is 0 Å². The van der Waals surface area contributed by atoms with E-state index in [0.717, 1.165) is 16.7 Å². The van der Waals surface area contributed by atoms with Crippen LogP contribution in [0.2, 0.25) is 20.1 Å². The van der Waals surface area contributed by atoms with Gasteiger partial charge in [-0.25, -0.2) is 0 Å². The van der Waals surface area contributed by atoms with Crippen LogP contribution in [0.4, 0.5) is 4.79 Å². The quantitative estimate of drug-likeness (QED) is 0.251. The number of benzene rings is 2. The highest BCUT2D eigenvalue weighted by molar-refractivity contribution is 8.18. The third-order valence-electron chi connectivity index (χ3n) is 4.92. The summed E-state index contributed by atoms with van der Waals surface area (Å²) >= 11 is 25.4. The molecule has 0 atom stereocenters. The van der Waals surface area contributed by atoms with Crippen LogP contribution in [-0.2, 0) is 11.3 Å². The van der Waals surface area contributed by atoms with Gasteiger partial charge >= 0.3 is 0 Å². The van der Waals surface area contributed by atoms with E-state index in [1.54, 1.807) is 30.3 Å². The van der Waals surface area contributed by atoms with Crippen LogP contribution in [0, 0.1) is 0 Å². The Bertz CT molecular complexity index is 1350. The van der Waals surface area contributed by atoms with Gasteiger partial charge in [0.2, 0.25) is 6.79 Å². The second kappa shape index (κ2) is 8.81. The molecule has 0 bridgehead atoms. The Kier molecular flexibility index (Phi) is 6.01. The lowest BCUT2D eigenvalue weighted by Crippen LogP contribution is -2.27. The van der Waals surface area contributed by atoms with Gasteiger partial charge < -0.3 is 13.9 Å². The maximum Gasteiger partial charge on any atom is 0.293 e. The lowest BCUT2D eigenvalue weighted by molar-refractivity contribution is -0.123. The highest BCUT2D eigenvalue weighted by atomic mass is 35.5. The van der Waals surface area contributed by atoms with Crippen LogP contribution in [0.25, 0.3) is 17.4 Å². The number of hydrogen-bond acceptors (Lipinski definition) is 6. The molecule has 2 aliphatic heterocycles. The second-order valence-corrected chi connectivity index (χ2v) is 9.63. The summed E-state index contributed by atoms with van der Waals surface area (Å²) in [6, 6.07) is 9.74. The maximum atomic E-state index is 12.9. The number of furan rings is 1. The Morgan fingerprint density at radius 2 is 1.64 bits per heavy atom. The smallest absolute Gasteiger partial charge is 0.293 e. The molecule has 0 N–H and O–H groups in total. The van der Waals surface area contributed by atoms with Crippen LogP contribution in [0.1, 0.15) is 11.3 Å². The van der Waals surface area contributed by atoms with Gasteiger partial charge in [0.05, 0.1) is 26.5 Å². The van der Waals surface area contributed by atoms with Crippen molar-refractivity contribution in [3.05, 3.63) is 72.7 Å². The number of fused-ring (bicyclic) bond motifs is 1. The Morgan fingerprint density at radius 1 is 0.909 bits per heavy atom. The molecule has 168 valence electrons. The van der Waals surface area contributed by atoms with Crippen molar-refractivity contribution in [2.45, 2.75) is 6.54 Å². The van der Waals surface area contributed by atoms with Crippen molar-refractivity contribution in [1.29, 1.82) is 0 Å². The Hall–Kier alpha value is -2.29. The molecule has 3 aromatic rings. The molecule has 1 fully saturated rings. The zero-order valence-corrected chi connectivity index (χ0v) is 20.2. The van der Waals surface area contributed by atoms with Crippen LogP contribution in [-0.4, -0.2) is 22.8 Å². The first-order valence-electron chi connectivity index (χ1n) is 9.38. The third kappa shape index (κ3) is 4.32. The van der Waals surface area contributed by atoms with E-state index < -0.39 is 11.1 Å². The predicted molar refractivity (Wildman–Crippen MR) is 128 cm³/mol. The van der Waals surface area contributed by atoms with E-state index in [9.17, 15) is 9.59 Å². The van der Waals surface area contributed by atoms with E-state index in [1.807, 2.05) is 0 Å². The first-order valence-corrected chi connectivity index (χ1v) is 11.7. The number of hydrogen-bond donors (Lipinski definition) is 0. The summed E-state index contributed by atoms with van der Waals surface area (Å²) in [7, 11) is 0. The minimum Gasteiger partial charge on any atom is -0.457 e. The molecule has 0 saturated carbocycles. The van der Waals surface area contributed by atoms with Crippen LogP contribution >= 0.6 is 58.2 Å². The summed E-state index contributed by atoms with van der Waals surface area (Å²) in [4.78, 5) is 26.8.